The molecule has 0 aromatic heterocycles. The van der Waals surface area contributed by atoms with Crippen LogP contribution in [0.15, 0.2) is 18.2 Å². The first-order chi connectivity index (χ1) is 9.88. The molecule has 2 amide bonds. The molecule has 0 heterocycles. The zero-order valence-electron chi connectivity index (χ0n) is 12.5. The molecule has 0 aliphatic rings. The Morgan fingerprint density at radius 3 is 2.38 bits per heavy atom. The molecule has 1 rings (SSSR count). The molecule has 1 unspecified atom stereocenters. The molecule has 4 nitrogen and oxygen atoms in total. The zero-order chi connectivity index (χ0) is 16.0. The van der Waals surface area contributed by atoms with Crippen LogP contribution in [0, 0.1) is 17.6 Å². The summed E-state index contributed by atoms with van der Waals surface area (Å²) in [5.41, 5.74) is 0.496. The van der Waals surface area contributed by atoms with Crippen molar-refractivity contribution in [3.8, 4) is 0 Å². The predicted molar refractivity (Wildman–Crippen MR) is 76.8 cm³/mol. The predicted octanol–water partition coefficient (Wildman–Crippen LogP) is 2.73. The molecule has 3 N–H and O–H groups in total. The van der Waals surface area contributed by atoms with Crippen molar-refractivity contribution in [2.24, 2.45) is 5.92 Å². The minimum atomic E-state index is -0.942. The van der Waals surface area contributed by atoms with Crippen molar-refractivity contribution in [3.05, 3.63) is 35.4 Å². The maximum atomic E-state index is 13.3. The van der Waals surface area contributed by atoms with Gasteiger partial charge in [0, 0.05) is 0 Å². The average Bonchev–Trinajstić information content (AvgIpc) is 2.45. The number of aliphatic hydroxyl groups excluding tert-OH is 1. The van der Waals surface area contributed by atoms with E-state index in [9.17, 15) is 13.6 Å². The normalized spacial score (nSPS) is 13.9. The molecule has 6 heteroatoms. The van der Waals surface area contributed by atoms with E-state index in [1.54, 1.807) is 0 Å². The summed E-state index contributed by atoms with van der Waals surface area (Å²) in [7, 11) is 0. The number of nitrogens with one attached hydrogen (secondary N) is 2. The third kappa shape index (κ3) is 4.97. The molecule has 0 saturated heterocycles. The van der Waals surface area contributed by atoms with Gasteiger partial charge in [0.1, 0.15) is 0 Å². The van der Waals surface area contributed by atoms with E-state index >= 15 is 0 Å². The van der Waals surface area contributed by atoms with E-state index in [1.807, 2.05) is 20.8 Å². The van der Waals surface area contributed by atoms with Crippen LogP contribution in [0.2, 0.25) is 0 Å². The number of carbonyl (C=O) groups excluding carboxylic acids is 1. The summed E-state index contributed by atoms with van der Waals surface area (Å²) < 4.78 is 26.3. The van der Waals surface area contributed by atoms with Gasteiger partial charge in [-0.05, 0) is 30.0 Å². The van der Waals surface area contributed by atoms with E-state index in [0.29, 0.717) is 12.0 Å². The van der Waals surface area contributed by atoms with Crippen LogP contribution in [-0.4, -0.2) is 23.8 Å². The molecule has 0 fully saturated rings. The van der Waals surface area contributed by atoms with Crippen LogP contribution in [0.1, 0.15) is 38.8 Å². The summed E-state index contributed by atoms with van der Waals surface area (Å²) in [6.07, 6.45) is 0.599. The molecule has 21 heavy (non-hydrogen) atoms. The van der Waals surface area contributed by atoms with Gasteiger partial charge in [-0.25, -0.2) is 13.6 Å². The molecule has 1 aromatic carbocycles. The van der Waals surface area contributed by atoms with Crippen molar-refractivity contribution in [1.82, 2.24) is 10.6 Å². The SMILES string of the molecule is CC[C@@H](CO)NC(=O)NC(c1ccc(F)c(F)c1)C(C)C. The van der Waals surface area contributed by atoms with Gasteiger partial charge in [-0.15, -0.1) is 0 Å². The maximum Gasteiger partial charge on any atom is 0.315 e. The first-order valence-electron chi connectivity index (χ1n) is 7.01. The average molecular weight is 300 g/mol. The summed E-state index contributed by atoms with van der Waals surface area (Å²) in [6, 6.07) is 2.36. The fourth-order valence-corrected chi connectivity index (χ4v) is 1.99. The fraction of sp³-hybridized carbons (Fsp3) is 0.533. The number of amides is 2. The Hall–Kier alpha value is -1.69. The number of carbonyl (C=O) groups is 1. The lowest BCUT2D eigenvalue weighted by Gasteiger charge is -2.24. The summed E-state index contributed by atoms with van der Waals surface area (Å²) in [5.74, 6) is -1.87. The van der Waals surface area contributed by atoms with Crippen molar-refractivity contribution < 1.29 is 18.7 Å². The van der Waals surface area contributed by atoms with Gasteiger partial charge in [-0.3, -0.25) is 0 Å². The third-order valence-electron chi connectivity index (χ3n) is 3.30. The largest absolute Gasteiger partial charge is 0.394 e. The molecule has 0 aliphatic heterocycles. The van der Waals surface area contributed by atoms with Crippen LogP contribution in [0.4, 0.5) is 13.6 Å². The number of aliphatic hydroxyl groups is 1. The lowest BCUT2D eigenvalue weighted by Crippen LogP contribution is -2.45. The van der Waals surface area contributed by atoms with E-state index in [-0.39, 0.29) is 18.6 Å². The first-order valence-corrected chi connectivity index (χ1v) is 7.01. The number of rotatable bonds is 6. The Morgan fingerprint density at radius 2 is 1.90 bits per heavy atom. The van der Waals surface area contributed by atoms with E-state index in [0.717, 1.165) is 12.1 Å². The second-order valence-corrected chi connectivity index (χ2v) is 5.30. The highest BCUT2D eigenvalue weighted by Gasteiger charge is 2.20. The van der Waals surface area contributed by atoms with Crippen molar-refractivity contribution in [3.63, 3.8) is 0 Å². The number of halogens is 2. The van der Waals surface area contributed by atoms with Gasteiger partial charge in [-0.2, -0.15) is 0 Å². The van der Waals surface area contributed by atoms with Crippen molar-refractivity contribution in [2.45, 2.75) is 39.3 Å². The molecule has 0 aliphatic carbocycles. The van der Waals surface area contributed by atoms with Crippen LogP contribution in [-0.2, 0) is 0 Å². The van der Waals surface area contributed by atoms with Gasteiger partial charge in [0.25, 0.3) is 0 Å². The summed E-state index contributed by atoms with van der Waals surface area (Å²) in [6.45, 7) is 5.43. The van der Waals surface area contributed by atoms with E-state index in [1.165, 1.54) is 6.07 Å². The van der Waals surface area contributed by atoms with Gasteiger partial charge >= 0.3 is 6.03 Å². The van der Waals surface area contributed by atoms with Crippen molar-refractivity contribution >= 4 is 6.03 Å². The second kappa shape index (κ2) is 7.93. The van der Waals surface area contributed by atoms with E-state index < -0.39 is 23.7 Å². The molecule has 118 valence electrons. The Kier molecular flexibility index (Phi) is 6.55. The minimum absolute atomic E-state index is 0.00480. The number of hydrogen-bond donors (Lipinski definition) is 3. The summed E-state index contributed by atoms with van der Waals surface area (Å²) in [5, 5.41) is 14.4. The molecular formula is C15H22F2N2O2. The summed E-state index contributed by atoms with van der Waals surface area (Å²) in [4.78, 5) is 11.9. The Bertz CT molecular complexity index is 477. The quantitative estimate of drug-likeness (QED) is 0.756. The van der Waals surface area contributed by atoms with Crippen molar-refractivity contribution in [2.75, 3.05) is 6.61 Å². The van der Waals surface area contributed by atoms with E-state index in [2.05, 4.69) is 10.6 Å². The van der Waals surface area contributed by atoms with Gasteiger partial charge < -0.3 is 15.7 Å². The highest BCUT2D eigenvalue weighted by atomic mass is 19.2. The highest BCUT2D eigenvalue weighted by molar-refractivity contribution is 5.74. The van der Waals surface area contributed by atoms with Gasteiger partial charge in [0.15, 0.2) is 11.6 Å². The van der Waals surface area contributed by atoms with Crippen LogP contribution in [0.5, 0.6) is 0 Å². The number of benzene rings is 1. The van der Waals surface area contributed by atoms with Gasteiger partial charge in [0.2, 0.25) is 0 Å². The van der Waals surface area contributed by atoms with Gasteiger partial charge in [-0.1, -0.05) is 26.8 Å². The first kappa shape index (κ1) is 17.4. The Labute approximate surface area is 123 Å². The Balaban J connectivity index is 2.82. The van der Waals surface area contributed by atoms with Crippen LogP contribution in [0.3, 0.4) is 0 Å². The standard InChI is InChI=1S/C15H22F2N2O2/c1-4-11(8-20)18-15(21)19-14(9(2)3)10-5-6-12(16)13(17)7-10/h5-7,9,11,14,20H,4,8H2,1-3H3,(H2,18,19,21)/t11-,14?/m0/s1. The summed E-state index contributed by atoms with van der Waals surface area (Å²) >= 11 is 0. The fourth-order valence-electron chi connectivity index (χ4n) is 1.99. The Morgan fingerprint density at radius 1 is 1.24 bits per heavy atom. The van der Waals surface area contributed by atoms with Gasteiger partial charge in [0.05, 0.1) is 18.7 Å². The molecule has 0 spiro atoms. The number of hydrogen-bond acceptors (Lipinski definition) is 2. The van der Waals surface area contributed by atoms with E-state index in [4.69, 9.17) is 5.11 Å². The minimum Gasteiger partial charge on any atom is -0.394 e. The monoisotopic (exact) mass is 300 g/mol. The molecular weight excluding hydrogens is 278 g/mol. The van der Waals surface area contributed by atoms with Crippen LogP contribution in [0.25, 0.3) is 0 Å². The number of urea groups is 1. The topological polar surface area (TPSA) is 61.4 Å². The highest BCUT2D eigenvalue weighted by Crippen LogP contribution is 2.23. The molecule has 0 radical (unpaired) electrons. The second-order valence-electron chi connectivity index (χ2n) is 5.30. The molecule has 0 bridgehead atoms. The molecule has 2 atom stereocenters. The zero-order valence-corrected chi connectivity index (χ0v) is 12.5. The maximum absolute atomic E-state index is 13.3. The van der Waals surface area contributed by atoms with Crippen LogP contribution < -0.4 is 10.6 Å². The third-order valence-corrected chi connectivity index (χ3v) is 3.30. The van der Waals surface area contributed by atoms with Crippen molar-refractivity contribution in [1.29, 1.82) is 0 Å². The lowest BCUT2D eigenvalue weighted by atomic mass is 9.96. The lowest BCUT2D eigenvalue weighted by molar-refractivity contribution is 0.209. The van der Waals surface area contributed by atoms with Crippen LogP contribution >= 0.6 is 0 Å². The molecule has 1 aromatic rings. The smallest absolute Gasteiger partial charge is 0.315 e. The molecule has 0 saturated carbocycles.